The van der Waals surface area contributed by atoms with Gasteiger partial charge in [0.15, 0.2) is 0 Å². The minimum Gasteiger partial charge on any atom is -0.495 e. The summed E-state index contributed by atoms with van der Waals surface area (Å²) in [6, 6.07) is 12.1. The maximum absolute atomic E-state index is 12.7. The van der Waals surface area contributed by atoms with Crippen molar-refractivity contribution in [2.75, 3.05) is 20.2 Å². The number of thiophene rings is 1. The monoisotopic (exact) mass is 301 g/mol. The molecule has 0 aliphatic carbocycles. The minimum atomic E-state index is 0.110. The van der Waals surface area contributed by atoms with Gasteiger partial charge in [0, 0.05) is 18.0 Å². The lowest BCUT2D eigenvalue weighted by Crippen LogP contribution is -2.35. The number of hydrogen-bond donors (Lipinski definition) is 0. The lowest BCUT2D eigenvalue weighted by Gasteiger charge is -2.26. The number of nitrogens with zero attached hydrogens (tertiary/aromatic N) is 1. The molecule has 0 unspecified atom stereocenters. The third-order valence-electron chi connectivity index (χ3n) is 3.81. The maximum atomic E-state index is 12.7. The summed E-state index contributed by atoms with van der Waals surface area (Å²) < 4.78 is 5.42. The lowest BCUT2D eigenvalue weighted by atomic mass is 10.1. The van der Waals surface area contributed by atoms with Gasteiger partial charge in [-0.25, -0.2) is 0 Å². The van der Waals surface area contributed by atoms with Gasteiger partial charge in [-0.2, -0.15) is 0 Å². The molecule has 0 radical (unpaired) electrons. The van der Waals surface area contributed by atoms with Gasteiger partial charge in [-0.1, -0.05) is 30.3 Å². The largest absolute Gasteiger partial charge is 0.495 e. The number of carbonyl (C=O) groups excluding carboxylic acids is 1. The molecular formula is C17H19NO2S. The molecule has 110 valence electrons. The fraction of sp³-hybridized carbons (Fsp3) is 0.353. The van der Waals surface area contributed by atoms with Crippen LogP contribution in [0.25, 0.3) is 10.4 Å². The Balaban J connectivity index is 1.91. The molecule has 21 heavy (non-hydrogen) atoms. The summed E-state index contributed by atoms with van der Waals surface area (Å²) in [6.45, 7) is 1.72. The molecule has 1 aliphatic rings. The van der Waals surface area contributed by atoms with Crippen LogP contribution in [0.1, 0.15) is 28.9 Å². The lowest BCUT2D eigenvalue weighted by molar-refractivity contribution is 0.0726. The second kappa shape index (κ2) is 6.31. The first kappa shape index (κ1) is 14.1. The highest BCUT2D eigenvalue weighted by Crippen LogP contribution is 2.37. The van der Waals surface area contributed by atoms with E-state index in [-0.39, 0.29) is 5.91 Å². The van der Waals surface area contributed by atoms with Crippen LogP contribution in [0, 0.1) is 0 Å². The number of ether oxygens (including phenoxy) is 1. The fourth-order valence-electron chi connectivity index (χ4n) is 2.66. The van der Waals surface area contributed by atoms with Crippen LogP contribution in [-0.4, -0.2) is 31.0 Å². The molecule has 0 saturated carbocycles. The van der Waals surface area contributed by atoms with E-state index in [9.17, 15) is 4.79 Å². The number of carbonyl (C=O) groups is 1. The third kappa shape index (κ3) is 2.95. The average molecular weight is 301 g/mol. The van der Waals surface area contributed by atoms with Crippen molar-refractivity contribution in [3.63, 3.8) is 0 Å². The first-order valence-electron chi connectivity index (χ1n) is 7.32. The molecular weight excluding hydrogens is 282 g/mol. The highest BCUT2D eigenvalue weighted by Gasteiger charge is 2.24. The maximum Gasteiger partial charge on any atom is 0.267 e. The van der Waals surface area contributed by atoms with Crippen LogP contribution in [0.5, 0.6) is 5.75 Å². The molecule has 2 heterocycles. The van der Waals surface area contributed by atoms with E-state index < -0.39 is 0 Å². The zero-order valence-corrected chi connectivity index (χ0v) is 13.0. The van der Waals surface area contributed by atoms with Crippen molar-refractivity contribution in [1.29, 1.82) is 0 Å². The molecule has 1 fully saturated rings. The summed E-state index contributed by atoms with van der Waals surface area (Å²) >= 11 is 1.52. The smallest absolute Gasteiger partial charge is 0.267 e. The quantitative estimate of drug-likeness (QED) is 0.856. The van der Waals surface area contributed by atoms with Gasteiger partial charge < -0.3 is 9.64 Å². The van der Waals surface area contributed by atoms with E-state index in [1.807, 2.05) is 29.2 Å². The van der Waals surface area contributed by atoms with Crippen molar-refractivity contribution in [2.45, 2.75) is 19.3 Å². The SMILES string of the molecule is COc1cc(-c2ccccc2)sc1C(=O)N1CCCCC1. The summed E-state index contributed by atoms with van der Waals surface area (Å²) in [5.41, 5.74) is 1.12. The third-order valence-corrected chi connectivity index (χ3v) is 4.97. The van der Waals surface area contributed by atoms with Gasteiger partial charge in [0.05, 0.1) is 7.11 Å². The van der Waals surface area contributed by atoms with E-state index in [1.165, 1.54) is 17.8 Å². The molecule has 4 heteroatoms. The van der Waals surface area contributed by atoms with E-state index >= 15 is 0 Å². The van der Waals surface area contributed by atoms with Crippen molar-refractivity contribution in [1.82, 2.24) is 4.90 Å². The Morgan fingerprint density at radius 2 is 1.86 bits per heavy atom. The van der Waals surface area contributed by atoms with E-state index in [0.29, 0.717) is 5.75 Å². The predicted molar refractivity (Wildman–Crippen MR) is 86.1 cm³/mol. The van der Waals surface area contributed by atoms with E-state index in [2.05, 4.69) is 12.1 Å². The van der Waals surface area contributed by atoms with Crippen molar-refractivity contribution in [3.8, 4) is 16.2 Å². The number of rotatable bonds is 3. The number of hydrogen-bond acceptors (Lipinski definition) is 3. The number of methoxy groups -OCH3 is 1. The molecule has 2 aromatic rings. The van der Waals surface area contributed by atoms with Gasteiger partial charge in [0.1, 0.15) is 10.6 Å². The fourth-order valence-corrected chi connectivity index (χ4v) is 3.76. The number of amides is 1. The number of piperidine rings is 1. The average Bonchev–Trinajstić information content (AvgIpc) is 3.00. The van der Waals surface area contributed by atoms with Gasteiger partial charge in [-0.05, 0) is 30.9 Å². The molecule has 0 spiro atoms. The van der Waals surface area contributed by atoms with Crippen molar-refractivity contribution >= 4 is 17.2 Å². The van der Waals surface area contributed by atoms with Crippen LogP contribution >= 0.6 is 11.3 Å². The van der Waals surface area contributed by atoms with Crippen molar-refractivity contribution in [2.24, 2.45) is 0 Å². The van der Waals surface area contributed by atoms with Crippen LogP contribution in [0.3, 0.4) is 0 Å². The van der Waals surface area contributed by atoms with Gasteiger partial charge in [-0.15, -0.1) is 11.3 Å². The van der Waals surface area contributed by atoms with Gasteiger partial charge in [-0.3, -0.25) is 4.79 Å². The van der Waals surface area contributed by atoms with Crippen molar-refractivity contribution < 1.29 is 9.53 Å². The molecule has 1 saturated heterocycles. The molecule has 1 amide bonds. The molecule has 1 aromatic carbocycles. The molecule has 0 atom stereocenters. The molecule has 1 aliphatic heterocycles. The van der Waals surface area contributed by atoms with Crippen LogP contribution in [0.4, 0.5) is 0 Å². The first-order valence-corrected chi connectivity index (χ1v) is 8.14. The van der Waals surface area contributed by atoms with E-state index in [0.717, 1.165) is 41.2 Å². The Hall–Kier alpha value is -1.81. The van der Waals surface area contributed by atoms with Crippen LogP contribution in [0.15, 0.2) is 36.4 Å². The highest BCUT2D eigenvalue weighted by molar-refractivity contribution is 7.17. The van der Waals surface area contributed by atoms with Crippen LogP contribution in [-0.2, 0) is 0 Å². The molecule has 3 rings (SSSR count). The van der Waals surface area contributed by atoms with E-state index in [4.69, 9.17) is 4.74 Å². The molecule has 1 aromatic heterocycles. The normalized spacial score (nSPS) is 15.0. The van der Waals surface area contributed by atoms with Gasteiger partial charge in [0.2, 0.25) is 0 Å². The van der Waals surface area contributed by atoms with Crippen LogP contribution < -0.4 is 4.74 Å². The van der Waals surface area contributed by atoms with Gasteiger partial charge >= 0.3 is 0 Å². The predicted octanol–water partition coefficient (Wildman–Crippen LogP) is 4.05. The topological polar surface area (TPSA) is 29.5 Å². The summed E-state index contributed by atoms with van der Waals surface area (Å²) in [5.74, 6) is 0.799. The minimum absolute atomic E-state index is 0.110. The summed E-state index contributed by atoms with van der Waals surface area (Å²) in [7, 11) is 1.63. The van der Waals surface area contributed by atoms with Crippen molar-refractivity contribution in [3.05, 3.63) is 41.3 Å². The highest BCUT2D eigenvalue weighted by atomic mass is 32.1. The first-order chi connectivity index (χ1) is 10.3. The second-order valence-electron chi connectivity index (χ2n) is 5.23. The standard InChI is InChI=1S/C17H19NO2S/c1-20-14-12-15(13-8-4-2-5-9-13)21-16(14)17(19)18-10-6-3-7-11-18/h2,4-5,8-9,12H,3,6-7,10-11H2,1H3. The zero-order valence-electron chi connectivity index (χ0n) is 12.2. The van der Waals surface area contributed by atoms with Gasteiger partial charge in [0.25, 0.3) is 5.91 Å². The summed E-state index contributed by atoms with van der Waals surface area (Å²) in [6.07, 6.45) is 3.43. The van der Waals surface area contributed by atoms with Crippen LogP contribution in [0.2, 0.25) is 0 Å². The zero-order chi connectivity index (χ0) is 14.7. The number of likely N-dealkylation sites (tertiary alicyclic amines) is 1. The second-order valence-corrected chi connectivity index (χ2v) is 6.28. The molecule has 3 nitrogen and oxygen atoms in total. The number of benzene rings is 1. The Bertz CT molecular complexity index is 615. The Morgan fingerprint density at radius 1 is 1.14 bits per heavy atom. The summed E-state index contributed by atoms with van der Waals surface area (Å²) in [4.78, 5) is 16.4. The summed E-state index contributed by atoms with van der Waals surface area (Å²) in [5, 5.41) is 0. The molecule has 0 bridgehead atoms. The van der Waals surface area contributed by atoms with E-state index in [1.54, 1.807) is 7.11 Å². The molecule has 0 N–H and O–H groups in total. The Kier molecular flexibility index (Phi) is 4.25. The Morgan fingerprint density at radius 3 is 2.52 bits per heavy atom. The Labute approximate surface area is 129 Å².